The van der Waals surface area contributed by atoms with Gasteiger partial charge in [-0.3, -0.25) is 4.90 Å². The van der Waals surface area contributed by atoms with Crippen LogP contribution in [-0.2, 0) is 4.74 Å². The minimum atomic E-state index is -1.26. The molecule has 0 spiro atoms. The summed E-state index contributed by atoms with van der Waals surface area (Å²) in [6, 6.07) is 1.54. The van der Waals surface area contributed by atoms with Crippen molar-refractivity contribution in [3.05, 3.63) is 23.6 Å². The van der Waals surface area contributed by atoms with Gasteiger partial charge >= 0.3 is 5.97 Å². The fraction of sp³-hybridized carbons (Fsp3) is 0.571. The smallest absolute Gasteiger partial charge is 0.338 e. The number of nitrogens with zero attached hydrogens (tertiary/aromatic N) is 3. The van der Waals surface area contributed by atoms with Gasteiger partial charge in [-0.2, -0.15) is 0 Å². The van der Waals surface area contributed by atoms with Crippen molar-refractivity contribution in [2.45, 2.75) is 12.5 Å². The molecule has 114 valence electrons. The molecule has 3 rings (SSSR count). The van der Waals surface area contributed by atoms with E-state index in [9.17, 15) is 9.18 Å². The summed E-state index contributed by atoms with van der Waals surface area (Å²) in [5.41, 5.74) is -0.324. The highest BCUT2D eigenvalue weighted by Crippen LogP contribution is 2.25. The van der Waals surface area contributed by atoms with Crippen LogP contribution in [0.4, 0.5) is 10.2 Å². The SMILES string of the molecule is O=C(O)c1ccnc(N2CCC(N3CCOCC3)C2)c1F. The molecule has 2 fully saturated rings. The number of aromatic carboxylic acids is 1. The lowest BCUT2D eigenvalue weighted by Gasteiger charge is -2.32. The van der Waals surface area contributed by atoms with Crippen LogP contribution in [0.2, 0.25) is 0 Å². The quantitative estimate of drug-likeness (QED) is 0.891. The largest absolute Gasteiger partial charge is 0.478 e. The molecule has 1 atom stereocenters. The van der Waals surface area contributed by atoms with Gasteiger partial charge in [0.1, 0.15) is 5.56 Å². The molecule has 1 unspecified atom stereocenters. The van der Waals surface area contributed by atoms with Crippen LogP contribution in [0.5, 0.6) is 0 Å². The third-order valence-electron chi connectivity index (χ3n) is 4.13. The number of pyridine rings is 1. The van der Waals surface area contributed by atoms with Gasteiger partial charge < -0.3 is 14.7 Å². The van der Waals surface area contributed by atoms with Crippen molar-refractivity contribution in [2.75, 3.05) is 44.3 Å². The predicted octanol–water partition coefficient (Wildman–Crippen LogP) is 0.830. The van der Waals surface area contributed by atoms with Gasteiger partial charge in [-0.1, -0.05) is 0 Å². The van der Waals surface area contributed by atoms with E-state index in [0.717, 1.165) is 32.7 Å². The van der Waals surface area contributed by atoms with Crippen LogP contribution in [-0.4, -0.2) is 66.4 Å². The van der Waals surface area contributed by atoms with Crippen LogP contribution in [0.1, 0.15) is 16.8 Å². The number of carboxylic acid groups (broad SMARTS) is 1. The van der Waals surface area contributed by atoms with E-state index in [0.29, 0.717) is 19.1 Å². The van der Waals surface area contributed by atoms with Crippen molar-refractivity contribution in [1.29, 1.82) is 0 Å². The van der Waals surface area contributed by atoms with Gasteiger partial charge in [0, 0.05) is 38.4 Å². The van der Waals surface area contributed by atoms with E-state index in [-0.39, 0.29) is 11.4 Å². The number of morpholine rings is 1. The molecule has 21 heavy (non-hydrogen) atoms. The van der Waals surface area contributed by atoms with Crippen molar-refractivity contribution in [3.63, 3.8) is 0 Å². The fourth-order valence-electron chi connectivity index (χ4n) is 2.99. The van der Waals surface area contributed by atoms with Gasteiger partial charge in [0.25, 0.3) is 0 Å². The normalized spacial score (nSPS) is 23.5. The summed E-state index contributed by atoms with van der Waals surface area (Å²) in [5.74, 6) is -1.86. The van der Waals surface area contributed by atoms with Gasteiger partial charge in [0.15, 0.2) is 11.6 Å². The van der Waals surface area contributed by atoms with Gasteiger partial charge in [-0.25, -0.2) is 14.2 Å². The van der Waals surface area contributed by atoms with Crippen molar-refractivity contribution >= 4 is 11.8 Å². The van der Waals surface area contributed by atoms with Crippen LogP contribution < -0.4 is 4.90 Å². The van der Waals surface area contributed by atoms with Gasteiger partial charge in [0.05, 0.1) is 13.2 Å². The maximum absolute atomic E-state index is 14.2. The number of halogens is 1. The van der Waals surface area contributed by atoms with E-state index in [1.165, 1.54) is 12.3 Å². The number of rotatable bonds is 3. The standard InChI is InChI=1S/C14H18FN3O3/c15-12-11(14(19)20)1-3-16-13(12)18-4-2-10(9-18)17-5-7-21-8-6-17/h1,3,10H,2,4-9H2,(H,19,20). The summed E-state index contributed by atoms with van der Waals surface area (Å²) >= 11 is 0. The second kappa shape index (κ2) is 5.95. The summed E-state index contributed by atoms with van der Waals surface area (Å²) in [4.78, 5) is 19.2. The number of ether oxygens (including phenoxy) is 1. The van der Waals surface area contributed by atoms with Gasteiger partial charge in [-0.15, -0.1) is 0 Å². The van der Waals surface area contributed by atoms with Crippen molar-refractivity contribution < 1.29 is 19.0 Å². The molecule has 0 aromatic carbocycles. The highest BCUT2D eigenvalue weighted by atomic mass is 19.1. The Balaban J connectivity index is 1.74. The van der Waals surface area contributed by atoms with Gasteiger partial charge in [-0.05, 0) is 12.5 Å². The lowest BCUT2D eigenvalue weighted by atomic mass is 10.2. The van der Waals surface area contributed by atoms with Crippen LogP contribution >= 0.6 is 0 Å². The van der Waals surface area contributed by atoms with Crippen LogP contribution in [0.25, 0.3) is 0 Å². The minimum absolute atomic E-state index is 0.144. The third-order valence-corrected chi connectivity index (χ3v) is 4.13. The lowest BCUT2D eigenvalue weighted by molar-refractivity contribution is 0.0209. The van der Waals surface area contributed by atoms with E-state index in [1.54, 1.807) is 0 Å². The fourth-order valence-corrected chi connectivity index (χ4v) is 2.99. The highest BCUT2D eigenvalue weighted by molar-refractivity contribution is 5.88. The average molecular weight is 295 g/mol. The van der Waals surface area contributed by atoms with Gasteiger partial charge in [0.2, 0.25) is 0 Å². The molecule has 0 bridgehead atoms. The number of hydrogen-bond acceptors (Lipinski definition) is 5. The van der Waals surface area contributed by atoms with E-state index in [4.69, 9.17) is 9.84 Å². The molecule has 0 aliphatic carbocycles. The summed E-state index contributed by atoms with van der Waals surface area (Å²) in [6.07, 6.45) is 2.28. The third kappa shape index (κ3) is 2.84. The lowest BCUT2D eigenvalue weighted by Crippen LogP contribution is -2.44. The van der Waals surface area contributed by atoms with Crippen LogP contribution in [0.15, 0.2) is 12.3 Å². The molecule has 3 heterocycles. The molecule has 2 aliphatic heterocycles. The van der Waals surface area contributed by atoms with Crippen LogP contribution in [0, 0.1) is 5.82 Å². The Bertz CT molecular complexity index is 534. The molecule has 0 saturated carbocycles. The molecule has 2 saturated heterocycles. The van der Waals surface area contributed by atoms with Crippen molar-refractivity contribution in [3.8, 4) is 0 Å². The molecule has 6 nitrogen and oxygen atoms in total. The van der Waals surface area contributed by atoms with Crippen molar-refractivity contribution in [1.82, 2.24) is 9.88 Å². The second-order valence-electron chi connectivity index (χ2n) is 5.34. The molecule has 1 aromatic heterocycles. The Labute approximate surface area is 122 Å². The Kier molecular flexibility index (Phi) is 4.03. The second-order valence-corrected chi connectivity index (χ2v) is 5.34. The maximum atomic E-state index is 14.2. The van der Waals surface area contributed by atoms with Crippen LogP contribution in [0.3, 0.4) is 0 Å². The minimum Gasteiger partial charge on any atom is -0.478 e. The summed E-state index contributed by atoms with van der Waals surface area (Å²) in [5, 5.41) is 8.98. The number of carbonyl (C=O) groups is 1. The molecular formula is C14H18FN3O3. The monoisotopic (exact) mass is 295 g/mol. The van der Waals surface area contributed by atoms with E-state index < -0.39 is 11.8 Å². The highest BCUT2D eigenvalue weighted by Gasteiger charge is 2.31. The van der Waals surface area contributed by atoms with E-state index in [1.807, 2.05) is 4.90 Å². The first-order valence-corrected chi connectivity index (χ1v) is 7.11. The Morgan fingerprint density at radius 2 is 2.14 bits per heavy atom. The maximum Gasteiger partial charge on any atom is 0.338 e. The summed E-state index contributed by atoms with van der Waals surface area (Å²) in [7, 11) is 0. The average Bonchev–Trinajstić information content (AvgIpc) is 2.98. The molecule has 1 N–H and O–H groups in total. The number of carboxylic acids is 1. The Hall–Kier alpha value is -1.73. The first kappa shape index (κ1) is 14.2. The topological polar surface area (TPSA) is 65.9 Å². The summed E-state index contributed by atoms with van der Waals surface area (Å²) in [6.45, 7) is 4.62. The molecule has 2 aliphatic rings. The molecule has 0 radical (unpaired) electrons. The predicted molar refractivity (Wildman–Crippen MR) is 74.2 cm³/mol. The van der Waals surface area contributed by atoms with E-state index >= 15 is 0 Å². The Morgan fingerprint density at radius 3 is 2.86 bits per heavy atom. The zero-order chi connectivity index (χ0) is 14.8. The molecule has 0 amide bonds. The Morgan fingerprint density at radius 1 is 1.38 bits per heavy atom. The molecular weight excluding hydrogens is 277 g/mol. The zero-order valence-corrected chi connectivity index (χ0v) is 11.7. The first-order valence-electron chi connectivity index (χ1n) is 7.11. The number of aromatic nitrogens is 1. The zero-order valence-electron chi connectivity index (χ0n) is 11.7. The first-order chi connectivity index (χ1) is 10.2. The van der Waals surface area contributed by atoms with Crippen molar-refractivity contribution in [2.24, 2.45) is 0 Å². The molecule has 1 aromatic rings. The number of anilines is 1. The molecule has 7 heteroatoms. The summed E-state index contributed by atoms with van der Waals surface area (Å²) < 4.78 is 19.6. The van der Waals surface area contributed by atoms with E-state index in [2.05, 4.69) is 9.88 Å². The number of hydrogen-bond donors (Lipinski definition) is 1.